The third-order valence-electron chi connectivity index (χ3n) is 3.20. The Balaban J connectivity index is 2.12. The fraction of sp³-hybridized carbons (Fsp3) is 0.417. The maximum absolute atomic E-state index is 13.5. The molecule has 1 aliphatic rings. The highest BCUT2D eigenvalue weighted by Crippen LogP contribution is 2.46. The van der Waals surface area contributed by atoms with Crippen LogP contribution in [0, 0.1) is 11.2 Å². The van der Waals surface area contributed by atoms with Gasteiger partial charge in [0.05, 0.1) is 0 Å². The fourth-order valence-corrected chi connectivity index (χ4v) is 2.11. The van der Waals surface area contributed by atoms with E-state index in [9.17, 15) is 9.18 Å². The normalized spacial score (nSPS) is 17.2. The Morgan fingerprint density at radius 3 is 2.69 bits per heavy atom. The molecule has 0 unspecified atom stereocenters. The molecule has 16 heavy (non-hydrogen) atoms. The number of hydrogen-bond donors (Lipinski definition) is 1. The van der Waals surface area contributed by atoms with Crippen molar-refractivity contribution in [2.75, 3.05) is 6.54 Å². The van der Waals surface area contributed by atoms with E-state index in [1.54, 1.807) is 12.1 Å². The van der Waals surface area contributed by atoms with Crippen LogP contribution in [-0.2, 0) is 11.2 Å². The lowest BCUT2D eigenvalue weighted by atomic mass is 9.95. The van der Waals surface area contributed by atoms with Gasteiger partial charge in [-0.3, -0.25) is 4.79 Å². The molecular weight excluding hydrogens is 273 g/mol. The van der Waals surface area contributed by atoms with Crippen molar-refractivity contribution in [1.82, 2.24) is 0 Å². The summed E-state index contributed by atoms with van der Waals surface area (Å²) in [4.78, 5) is 11.9. The van der Waals surface area contributed by atoms with E-state index in [1.165, 1.54) is 6.07 Å². The van der Waals surface area contributed by atoms with Gasteiger partial charge in [-0.15, -0.1) is 0 Å². The Morgan fingerprint density at radius 1 is 1.50 bits per heavy atom. The average Bonchev–Trinajstić information content (AvgIpc) is 3.03. The number of halogens is 2. The van der Waals surface area contributed by atoms with Crippen molar-refractivity contribution in [3.63, 3.8) is 0 Å². The zero-order chi connectivity index (χ0) is 11.8. The summed E-state index contributed by atoms with van der Waals surface area (Å²) < 4.78 is 14.2. The maximum atomic E-state index is 13.5. The standard InChI is InChI=1S/C12H13BrFNO/c13-9-2-1-8(10(14)6-9)5-11(16)12(7-15)3-4-12/h1-2,6H,3-5,7,15H2. The van der Waals surface area contributed by atoms with E-state index < -0.39 is 0 Å². The van der Waals surface area contributed by atoms with Crippen molar-refractivity contribution in [1.29, 1.82) is 0 Å². The molecule has 1 aliphatic carbocycles. The van der Waals surface area contributed by atoms with Crippen molar-refractivity contribution >= 4 is 21.7 Å². The fourth-order valence-electron chi connectivity index (χ4n) is 1.77. The van der Waals surface area contributed by atoms with E-state index in [0.717, 1.165) is 12.8 Å². The molecule has 0 heterocycles. The van der Waals surface area contributed by atoms with Crippen molar-refractivity contribution in [2.24, 2.45) is 11.1 Å². The maximum Gasteiger partial charge on any atom is 0.144 e. The van der Waals surface area contributed by atoms with E-state index in [-0.39, 0.29) is 23.4 Å². The average molecular weight is 286 g/mol. The van der Waals surface area contributed by atoms with Crippen LogP contribution in [0.4, 0.5) is 4.39 Å². The highest BCUT2D eigenvalue weighted by atomic mass is 79.9. The van der Waals surface area contributed by atoms with Crippen LogP contribution in [0.2, 0.25) is 0 Å². The van der Waals surface area contributed by atoms with Crippen molar-refractivity contribution in [3.8, 4) is 0 Å². The first-order valence-electron chi connectivity index (χ1n) is 5.25. The Bertz CT molecular complexity index is 429. The summed E-state index contributed by atoms with van der Waals surface area (Å²) in [6, 6.07) is 4.77. The lowest BCUT2D eigenvalue weighted by Crippen LogP contribution is -2.26. The zero-order valence-electron chi connectivity index (χ0n) is 8.80. The second-order valence-corrected chi connectivity index (χ2v) is 5.24. The van der Waals surface area contributed by atoms with Crippen molar-refractivity contribution < 1.29 is 9.18 Å². The lowest BCUT2D eigenvalue weighted by Gasteiger charge is -2.11. The molecule has 2 N–H and O–H groups in total. The minimum absolute atomic E-state index is 0.0659. The number of hydrogen-bond acceptors (Lipinski definition) is 2. The summed E-state index contributed by atoms with van der Waals surface area (Å²) in [5.41, 5.74) is 5.67. The van der Waals surface area contributed by atoms with Crippen LogP contribution >= 0.6 is 15.9 Å². The van der Waals surface area contributed by atoms with Crippen LogP contribution in [0.3, 0.4) is 0 Å². The van der Waals surface area contributed by atoms with Gasteiger partial charge >= 0.3 is 0 Å². The van der Waals surface area contributed by atoms with Crippen LogP contribution in [0.1, 0.15) is 18.4 Å². The van der Waals surface area contributed by atoms with Crippen molar-refractivity contribution in [3.05, 3.63) is 34.1 Å². The lowest BCUT2D eigenvalue weighted by molar-refractivity contribution is -0.123. The van der Waals surface area contributed by atoms with Gasteiger partial charge in [0.1, 0.15) is 11.6 Å². The molecule has 0 aliphatic heterocycles. The van der Waals surface area contributed by atoms with Gasteiger partial charge in [0.2, 0.25) is 0 Å². The molecule has 0 saturated heterocycles. The van der Waals surface area contributed by atoms with E-state index in [1.807, 2.05) is 0 Å². The molecule has 1 aromatic rings. The molecule has 0 atom stereocenters. The summed E-state index contributed by atoms with van der Waals surface area (Å²) in [7, 11) is 0. The number of rotatable bonds is 4. The molecular formula is C12H13BrFNO. The molecule has 1 saturated carbocycles. The minimum Gasteiger partial charge on any atom is -0.329 e. The van der Waals surface area contributed by atoms with Gasteiger partial charge in [0, 0.05) is 22.9 Å². The van der Waals surface area contributed by atoms with Gasteiger partial charge in [-0.2, -0.15) is 0 Å². The summed E-state index contributed by atoms with van der Waals surface area (Å²) >= 11 is 3.18. The van der Waals surface area contributed by atoms with Crippen LogP contribution in [0.25, 0.3) is 0 Å². The van der Waals surface area contributed by atoms with E-state index >= 15 is 0 Å². The number of Topliss-reactive ketones (excluding diaryl/α,β-unsaturated/α-hetero) is 1. The molecule has 86 valence electrons. The Kier molecular flexibility index (Phi) is 3.13. The predicted molar refractivity (Wildman–Crippen MR) is 63.5 cm³/mol. The van der Waals surface area contributed by atoms with Crippen LogP contribution in [0.5, 0.6) is 0 Å². The summed E-state index contributed by atoms with van der Waals surface area (Å²) in [5.74, 6) is -0.272. The minimum atomic E-state index is -0.348. The first-order valence-corrected chi connectivity index (χ1v) is 6.04. The Hall–Kier alpha value is -0.740. The number of ketones is 1. The zero-order valence-corrected chi connectivity index (χ0v) is 10.4. The quantitative estimate of drug-likeness (QED) is 0.923. The molecule has 1 fully saturated rings. The molecule has 0 bridgehead atoms. The molecule has 0 spiro atoms. The number of carbonyl (C=O) groups excluding carboxylic acids is 1. The second kappa shape index (κ2) is 4.26. The number of carbonyl (C=O) groups is 1. The summed E-state index contributed by atoms with van der Waals surface area (Å²) in [6.45, 7) is 0.379. The predicted octanol–water partition coefficient (Wildman–Crippen LogP) is 2.44. The van der Waals surface area contributed by atoms with Gasteiger partial charge in [-0.05, 0) is 30.5 Å². The molecule has 2 rings (SSSR count). The smallest absolute Gasteiger partial charge is 0.144 e. The van der Waals surface area contributed by atoms with Crippen LogP contribution in [-0.4, -0.2) is 12.3 Å². The van der Waals surface area contributed by atoms with Gasteiger partial charge in [0.25, 0.3) is 0 Å². The third-order valence-corrected chi connectivity index (χ3v) is 3.70. The number of benzene rings is 1. The molecule has 1 aromatic carbocycles. The van der Waals surface area contributed by atoms with Gasteiger partial charge in [-0.25, -0.2) is 4.39 Å². The van der Waals surface area contributed by atoms with Gasteiger partial charge < -0.3 is 5.73 Å². The monoisotopic (exact) mass is 285 g/mol. The SMILES string of the molecule is NCC1(C(=O)Cc2ccc(Br)cc2F)CC1. The Labute approximate surface area is 102 Å². The molecule has 0 amide bonds. The molecule has 2 nitrogen and oxygen atoms in total. The molecule has 4 heteroatoms. The molecule has 0 radical (unpaired) electrons. The summed E-state index contributed by atoms with van der Waals surface area (Å²) in [5, 5.41) is 0. The van der Waals surface area contributed by atoms with Gasteiger partial charge in [-0.1, -0.05) is 22.0 Å². The summed E-state index contributed by atoms with van der Waals surface area (Å²) in [6.07, 6.45) is 1.84. The third kappa shape index (κ3) is 2.18. The first-order chi connectivity index (χ1) is 7.57. The van der Waals surface area contributed by atoms with Crippen LogP contribution < -0.4 is 5.73 Å². The topological polar surface area (TPSA) is 43.1 Å². The van der Waals surface area contributed by atoms with E-state index in [4.69, 9.17) is 5.73 Å². The highest BCUT2D eigenvalue weighted by Gasteiger charge is 2.47. The number of nitrogens with two attached hydrogens (primary N) is 1. The van der Waals surface area contributed by atoms with E-state index in [2.05, 4.69) is 15.9 Å². The second-order valence-electron chi connectivity index (χ2n) is 4.32. The largest absolute Gasteiger partial charge is 0.329 e. The van der Waals surface area contributed by atoms with Crippen molar-refractivity contribution in [2.45, 2.75) is 19.3 Å². The Morgan fingerprint density at radius 2 is 2.19 bits per heavy atom. The first kappa shape index (κ1) is 11.7. The van der Waals surface area contributed by atoms with E-state index in [0.29, 0.717) is 16.6 Å². The molecule has 0 aromatic heterocycles. The van der Waals surface area contributed by atoms with Gasteiger partial charge in [0.15, 0.2) is 0 Å². The highest BCUT2D eigenvalue weighted by molar-refractivity contribution is 9.10. The van der Waals surface area contributed by atoms with Crippen LogP contribution in [0.15, 0.2) is 22.7 Å².